The summed E-state index contributed by atoms with van der Waals surface area (Å²) in [4.78, 5) is 0. The molecule has 78 valence electrons. The molecule has 0 aliphatic carbocycles. The molecule has 0 aromatic carbocycles. The second-order valence-corrected chi connectivity index (χ2v) is 11.2. The van der Waals surface area contributed by atoms with Crippen LogP contribution in [-0.2, 0) is 46.9 Å². The van der Waals surface area contributed by atoms with Crippen molar-refractivity contribution in [3.8, 4) is 0 Å². The molecular formula is C8H18AgPS2. The maximum absolute atomic E-state index is 5.42. The Labute approximate surface area is 104 Å². The number of rotatable bonds is 4. The molecule has 12 heavy (non-hydrogen) atoms. The molecule has 4 heteroatoms. The van der Waals surface area contributed by atoms with Gasteiger partial charge >= 0.3 is 22.4 Å². The van der Waals surface area contributed by atoms with Crippen LogP contribution < -0.4 is 0 Å². The van der Waals surface area contributed by atoms with E-state index in [1.807, 2.05) is 0 Å². The van der Waals surface area contributed by atoms with Crippen molar-refractivity contribution in [1.29, 1.82) is 0 Å². The Morgan fingerprint density at radius 1 is 0.917 bits per heavy atom. The van der Waals surface area contributed by atoms with E-state index in [0.717, 1.165) is 12.3 Å². The van der Waals surface area contributed by atoms with Gasteiger partial charge in [0.15, 0.2) is 0 Å². The van der Waals surface area contributed by atoms with Crippen molar-refractivity contribution in [1.82, 2.24) is 0 Å². The van der Waals surface area contributed by atoms with Crippen LogP contribution in [0.5, 0.6) is 0 Å². The normalized spacial score (nSPS) is 12.0. The minimum Gasteiger partial charge on any atom is -0.579 e. The van der Waals surface area contributed by atoms with Crippen molar-refractivity contribution < 1.29 is 22.4 Å². The Morgan fingerprint density at radius 2 is 1.17 bits per heavy atom. The van der Waals surface area contributed by atoms with E-state index in [2.05, 4.69) is 27.7 Å². The molecule has 0 fully saturated rings. The average Bonchev–Trinajstić information content (AvgIpc) is 1.53. The molecule has 0 amide bonds. The monoisotopic (exact) mass is 316 g/mol. The zero-order chi connectivity index (χ0) is 9.07. The summed E-state index contributed by atoms with van der Waals surface area (Å²) in [5.41, 5.74) is -1.39. The third-order valence-corrected chi connectivity index (χ3v) is 5.65. The first-order chi connectivity index (χ1) is 4.83. The molecule has 0 saturated heterocycles. The summed E-state index contributed by atoms with van der Waals surface area (Å²) >= 11 is 10.8. The van der Waals surface area contributed by atoms with E-state index in [-0.39, 0.29) is 22.4 Å². The summed E-state index contributed by atoms with van der Waals surface area (Å²) in [6.07, 6.45) is 2.19. The summed E-state index contributed by atoms with van der Waals surface area (Å²) in [5, 5.41) is 0. The molecule has 0 atom stereocenters. The van der Waals surface area contributed by atoms with Crippen LogP contribution in [0.25, 0.3) is 0 Å². The van der Waals surface area contributed by atoms with Gasteiger partial charge in [0, 0.05) is 12.3 Å². The molecule has 0 aromatic rings. The molecule has 0 radical (unpaired) electrons. The van der Waals surface area contributed by atoms with E-state index in [1.165, 1.54) is 0 Å². The first kappa shape index (κ1) is 16.3. The molecule has 0 bridgehead atoms. The Bertz CT molecular complexity index is 104. The van der Waals surface area contributed by atoms with Crippen LogP contribution in [0.15, 0.2) is 0 Å². The molecule has 0 saturated carbocycles. The van der Waals surface area contributed by atoms with E-state index in [1.54, 1.807) is 0 Å². The standard InChI is InChI=1S/C8H19PS2.Ag/c1-7(2)5-9(10,11)6-8(3)4;/h7-8H,5-6H2,1-4H3,(H,10,11);/q;+1/p-1. The topological polar surface area (TPSA) is 0 Å². The predicted octanol–water partition coefficient (Wildman–Crippen LogP) is 3.24. The molecule has 0 unspecified atom stereocenters. The van der Waals surface area contributed by atoms with Gasteiger partial charge in [0.2, 0.25) is 0 Å². The Morgan fingerprint density at radius 3 is 1.33 bits per heavy atom. The fraction of sp³-hybridized carbons (Fsp3) is 1.00. The SMILES string of the molecule is CC(C)C[P+]([S-])([S-])CC(C)C.[Ag+]. The molecule has 0 N–H and O–H groups in total. The minimum absolute atomic E-state index is 0. The largest absolute Gasteiger partial charge is 1.00 e. The van der Waals surface area contributed by atoms with Crippen molar-refractivity contribution >= 4 is 30.2 Å². The van der Waals surface area contributed by atoms with Gasteiger partial charge in [-0.05, 0) is 11.8 Å². The smallest absolute Gasteiger partial charge is 0.579 e. The maximum Gasteiger partial charge on any atom is 1.00 e. The van der Waals surface area contributed by atoms with Gasteiger partial charge in [-0.2, -0.15) is 0 Å². The maximum atomic E-state index is 5.42. The quantitative estimate of drug-likeness (QED) is 0.443. The van der Waals surface area contributed by atoms with Gasteiger partial charge in [0.25, 0.3) is 0 Å². The summed E-state index contributed by atoms with van der Waals surface area (Å²) in [5.74, 6) is 1.36. The van der Waals surface area contributed by atoms with Crippen LogP contribution in [0.2, 0.25) is 0 Å². The number of hydrogen-bond acceptors (Lipinski definition) is 2. The van der Waals surface area contributed by atoms with Crippen LogP contribution in [0.1, 0.15) is 27.7 Å². The molecule has 0 rings (SSSR count). The number of hydrogen-bond donors (Lipinski definition) is 0. The van der Waals surface area contributed by atoms with Crippen molar-refractivity contribution in [3.63, 3.8) is 0 Å². The summed E-state index contributed by atoms with van der Waals surface area (Å²) in [6.45, 7) is 8.81. The Hall–Kier alpha value is 1.87. The molecular weight excluding hydrogens is 299 g/mol. The summed E-state index contributed by atoms with van der Waals surface area (Å²) in [7, 11) is 0. The van der Waals surface area contributed by atoms with Crippen LogP contribution in [0.4, 0.5) is 0 Å². The summed E-state index contributed by atoms with van der Waals surface area (Å²) < 4.78 is 0. The first-order valence-corrected chi connectivity index (χ1v) is 8.31. The van der Waals surface area contributed by atoms with E-state index < -0.39 is 5.67 Å². The third kappa shape index (κ3) is 9.95. The van der Waals surface area contributed by atoms with Crippen molar-refractivity contribution in [2.75, 3.05) is 12.3 Å². The van der Waals surface area contributed by atoms with E-state index in [0.29, 0.717) is 11.8 Å². The third-order valence-electron chi connectivity index (χ3n) is 1.29. The van der Waals surface area contributed by atoms with Crippen molar-refractivity contribution in [2.45, 2.75) is 27.7 Å². The second-order valence-electron chi connectivity index (χ2n) is 3.97. The van der Waals surface area contributed by atoms with Crippen LogP contribution >= 0.6 is 5.67 Å². The zero-order valence-electron chi connectivity index (χ0n) is 8.13. The second kappa shape index (κ2) is 7.20. The van der Waals surface area contributed by atoms with Crippen molar-refractivity contribution in [3.05, 3.63) is 0 Å². The zero-order valence-corrected chi connectivity index (χ0v) is 12.1. The van der Waals surface area contributed by atoms with E-state index in [4.69, 9.17) is 24.5 Å². The molecule has 0 heterocycles. The molecule has 0 nitrogen and oxygen atoms in total. The van der Waals surface area contributed by atoms with E-state index >= 15 is 0 Å². The van der Waals surface area contributed by atoms with Gasteiger partial charge in [0.05, 0.1) is 0 Å². The van der Waals surface area contributed by atoms with Gasteiger partial charge in [0.1, 0.15) is 0 Å². The summed E-state index contributed by atoms with van der Waals surface area (Å²) in [6, 6.07) is 0. The van der Waals surface area contributed by atoms with Crippen LogP contribution in [0, 0.1) is 11.8 Å². The Kier molecular flexibility index (Phi) is 9.78. The molecule has 0 aliphatic heterocycles. The fourth-order valence-electron chi connectivity index (χ4n) is 1.19. The van der Waals surface area contributed by atoms with Crippen LogP contribution in [-0.4, -0.2) is 12.3 Å². The predicted molar refractivity (Wildman–Crippen MR) is 61.1 cm³/mol. The molecule has 0 aliphatic rings. The van der Waals surface area contributed by atoms with Crippen LogP contribution in [0.3, 0.4) is 0 Å². The van der Waals surface area contributed by atoms with Crippen molar-refractivity contribution in [2.24, 2.45) is 11.8 Å². The molecule has 0 aromatic heterocycles. The minimum atomic E-state index is -1.39. The van der Waals surface area contributed by atoms with Gasteiger partial charge in [-0.25, -0.2) is 5.67 Å². The van der Waals surface area contributed by atoms with Gasteiger partial charge in [-0.1, -0.05) is 27.7 Å². The van der Waals surface area contributed by atoms with E-state index in [9.17, 15) is 0 Å². The average molecular weight is 317 g/mol. The van der Waals surface area contributed by atoms with Gasteiger partial charge < -0.3 is 24.5 Å². The first-order valence-electron chi connectivity index (χ1n) is 4.12. The molecule has 0 spiro atoms. The Balaban J connectivity index is 0. The van der Waals surface area contributed by atoms with Gasteiger partial charge in [-0.3, -0.25) is 0 Å². The fourth-order valence-corrected chi connectivity index (χ4v) is 7.14. The van der Waals surface area contributed by atoms with Gasteiger partial charge in [-0.15, -0.1) is 0 Å².